The SMILES string of the molecule is Cc1cc(S(=O)(=O)NC2CCNCC2)c(C)o1. The zero-order chi connectivity index (χ0) is 12.5. The maximum absolute atomic E-state index is 12.1. The van der Waals surface area contributed by atoms with Crippen LogP contribution in [0.25, 0.3) is 0 Å². The molecule has 0 amide bonds. The molecule has 0 saturated carbocycles. The molecule has 1 aromatic heterocycles. The van der Waals surface area contributed by atoms with Gasteiger partial charge >= 0.3 is 0 Å². The van der Waals surface area contributed by atoms with Crippen molar-refractivity contribution in [1.82, 2.24) is 10.0 Å². The molecule has 17 heavy (non-hydrogen) atoms. The van der Waals surface area contributed by atoms with Crippen LogP contribution in [0.3, 0.4) is 0 Å². The Hall–Kier alpha value is -0.850. The minimum absolute atomic E-state index is 0.0239. The highest BCUT2D eigenvalue weighted by Crippen LogP contribution is 2.20. The highest BCUT2D eigenvalue weighted by molar-refractivity contribution is 7.89. The molecular formula is C11H18N2O3S. The molecule has 1 fully saturated rings. The lowest BCUT2D eigenvalue weighted by atomic mass is 10.1. The quantitative estimate of drug-likeness (QED) is 0.846. The van der Waals surface area contributed by atoms with Crippen LogP contribution in [0.4, 0.5) is 0 Å². The lowest BCUT2D eigenvalue weighted by Crippen LogP contribution is -2.42. The van der Waals surface area contributed by atoms with E-state index in [2.05, 4.69) is 10.0 Å². The number of nitrogens with one attached hydrogen (secondary N) is 2. The molecule has 0 bridgehead atoms. The first kappa shape index (κ1) is 12.6. The molecule has 1 aliphatic rings. The Morgan fingerprint density at radius 1 is 1.35 bits per heavy atom. The van der Waals surface area contributed by atoms with Crippen LogP contribution >= 0.6 is 0 Å². The maximum atomic E-state index is 12.1. The number of hydrogen-bond acceptors (Lipinski definition) is 4. The summed E-state index contributed by atoms with van der Waals surface area (Å²) in [7, 11) is -3.44. The fourth-order valence-corrected chi connectivity index (χ4v) is 3.64. The fraction of sp³-hybridized carbons (Fsp3) is 0.636. The van der Waals surface area contributed by atoms with Gasteiger partial charge in [-0.2, -0.15) is 0 Å². The van der Waals surface area contributed by atoms with Crippen molar-refractivity contribution in [1.29, 1.82) is 0 Å². The minimum atomic E-state index is -3.44. The Labute approximate surface area is 102 Å². The lowest BCUT2D eigenvalue weighted by Gasteiger charge is -2.23. The first-order valence-corrected chi connectivity index (χ1v) is 7.27. The van der Waals surface area contributed by atoms with E-state index < -0.39 is 10.0 Å². The first-order valence-electron chi connectivity index (χ1n) is 5.79. The number of furan rings is 1. The Morgan fingerprint density at radius 3 is 2.53 bits per heavy atom. The second kappa shape index (κ2) is 4.80. The minimum Gasteiger partial charge on any atom is -0.465 e. The summed E-state index contributed by atoms with van der Waals surface area (Å²) in [4.78, 5) is 0.258. The van der Waals surface area contributed by atoms with E-state index in [1.807, 2.05) is 0 Å². The monoisotopic (exact) mass is 258 g/mol. The van der Waals surface area contributed by atoms with Crippen LogP contribution in [0.2, 0.25) is 0 Å². The van der Waals surface area contributed by atoms with Crippen molar-refractivity contribution in [3.8, 4) is 0 Å². The molecule has 0 radical (unpaired) electrons. The largest absolute Gasteiger partial charge is 0.465 e. The van der Waals surface area contributed by atoms with Crippen LogP contribution < -0.4 is 10.0 Å². The molecular weight excluding hydrogens is 240 g/mol. The molecule has 1 aromatic rings. The van der Waals surface area contributed by atoms with E-state index in [4.69, 9.17) is 4.42 Å². The van der Waals surface area contributed by atoms with E-state index in [0.717, 1.165) is 25.9 Å². The summed E-state index contributed by atoms with van der Waals surface area (Å²) in [5.74, 6) is 1.07. The zero-order valence-corrected chi connectivity index (χ0v) is 10.9. The van der Waals surface area contributed by atoms with Gasteiger partial charge in [0.05, 0.1) is 0 Å². The second-order valence-corrected chi connectivity index (χ2v) is 6.11. The highest BCUT2D eigenvalue weighted by atomic mass is 32.2. The van der Waals surface area contributed by atoms with Crippen molar-refractivity contribution in [2.45, 2.75) is 37.6 Å². The van der Waals surface area contributed by atoms with E-state index in [-0.39, 0.29) is 10.9 Å². The molecule has 1 aliphatic heterocycles. The van der Waals surface area contributed by atoms with Gasteiger partial charge in [-0.05, 0) is 45.8 Å². The van der Waals surface area contributed by atoms with Crippen molar-refractivity contribution < 1.29 is 12.8 Å². The van der Waals surface area contributed by atoms with Gasteiger partial charge in [-0.1, -0.05) is 0 Å². The molecule has 96 valence electrons. The molecule has 2 N–H and O–H groups in total. The van der Waals surface area contributed by atoms with Crippen LogP contribution in [0.15, 0.2) is 15.4 Å². The summed E-state index contributed by atoms with van der Waals surface area (Å²) in [6.45, 7) is 5.13. The third-order valence-corrected chi connectivity index (χ3v) is 4.57. The molecule has 0 spiro atoms. The van der Waals surface area contributed by atoms with Crippen LogP contribution in [0.1, 0.15) is 24.4 Å². The predicted molar refractivity (Wildman–Crippen MR) is 64.4 cm³/mol. The number of aryl methyl sites for hydroxylation is 2. The normalized spacial score (nSPS) is 18.5. The van der Waals surface area contributed by atoms with E-state index >= 15 is 0 Å². The molecule has 0 unspecified atom stereocenters. The van der Waals surface area contributed by atoms with Crippen molar-refractivity contribution in [2.75, 3.05) is 13.1 Å². The van der Waals surface area contributed by atoms with Gasteiger partial charge in [-0.3, -0.25) is 0 Å². The van der Waals surface area contributed by atoms with Gasteiger partial charge in [0.15, 0.2) is 0 Å². The standard InChI is InChI=1S/C11H18N2O3S/c1-8-7-11(9(2)16-8)17(14,15)13-10-3-5-12-6-4-10/h7,10,12-13H,3-6H2,1-2H3. The predicted octanol–water partition coefficient (Wildman–Crippen LogP) is 0.927. The lowest BCUT2D eigenvalue weighted by molar-refractivity contribution is 0.426. The molecule has 0 aromatic carbocycles. The van der Waals surface area contributed by atoms with Crippen molar-refractivity contribution in [3.63, 3.8) is 0 Å². The molecule has 2 heterocycles. The average Bonchev–Trinajstić information content (AvgIpc) is 2.59. The summed E-state index contributed by atoms with van der Waals surface area (Å²) >= 11 is 0. The van der Waals surface area contributed by atoms with Gasteiger partial charge < -0.3 is 9.73 Å². The van der Waals surface area contributed by atoms with Crippen LogP contribution in [-0.2, 0) is 10.0 Å². The molecule has 6 heteroatoms. The first-order chi connectivity index (χ1) is 7.99. The number of rotatable bonds is 3. The third kappa shape index (κ3) is 2.88. The Morgan fingerprint density at radius 2 is 2.00 bits per heavy atom. The van der Waals surface area contributed by atoms with Crippen molar-refractivity contribution in [2.24, 2.45) is 0 Å². The maximum Gasteiger partial charge on any atom is 0.244 e. The topological polar surface area (TPSA) is 71.3 Å². The summed E-state index contributed by atoms with van der Waals surface area (Å²) in [6, 6.07) is 1.59. The van der Waals surface area contributed by atoms with Gasteiger partial charge in [0.25, 0.3) is 0 Å². The van der Waals surface area contributed by atoms with E-state index in [0.29, 0.717) is 11.5 Å². The van der Waals surface area contributed by atoms with Gasteiger partial charge in [-0.15, -0.1) is 0 Å². The fourth-order valence-electron chi connectivity index (χ4n) is 2.10. The molecule has 2 rings (SSSR count). The van der Waals surface area contributed by atoms with E-state index in [1.54, 1.807) is 19.9 Å². The molecule has 5 nitrogen and oxygen atoms in total. The summed E-state index contributed by atoms with van der Waals surface area (Å²) in [5, 5.41) is 3.20. The Kier molecular flexibility index (Phi) is 3.56. The second-order valence-electron chi connectivity index (χ2n) is 4.42. The summed E-state index contributed by atoms with van der Waals surface area (Å²) in [5.41, 5.74) is 0. The Bertz CT molecular complexity index is 487. The number of sulfonamides is 1. The molecule has 1 saturated heterocycles. The molecule has 0 aliphatic carbocycles. The van der Waals surface area contributed by atoms with Crippen molar-refractivity contribution in [3.05, 3.63) is 17.6 Å². The van der Waals surface area contributed by atoms with Crippen LogP contribution in [-0.4, -0.2) is 27.5 Å². The van der Waals surface area contributed by atoms with Crippen molar-refractivity contribution >= 4 is 10.0 Å². The van der Waals surface area contributed by atoms with Crippen LogP contribution in [0, 0.1) is 13.8 Å². The summed E-state index contributed by atoms with van der Waals surface area (Å²) in [6.07, 6.45) is 1.66. The number of hydrogen-bond donors (Lipinski definition) is 2. The van der Waals surface area contributed by atoms with Gasteiger partial charge in [0, 0.05) is 6.04 Å². The van der Waals surface area contributed by atoms with E-state index in [9.17, 15) is 8.42 Å². The smallest absolute Gasteiger partial charge is 0.244 e. The van der Waals surface area contributed by atoms with Crippen LogP contribution in [0.5, 0.6) is 0 Å². The van der Waals surface area contributed by atoms with Gasteiger partial charge in [-0.25, -0.2) is 13.1 Å². The zero-order valence-electron chi connectivity index (χ0n) is 10.1. The molecule has 0 atom stereocenters. The number of piperidine rings is 1. The average molecular weight is 258 g/mol. The van der Waals surface area contributed by atoms with Gasteiger partial charge in [0.1, 0.15) is 16.4 Å². The Balaban J connectivity index is 2.15. The third-order valence-electron chi connectivity index (χ3n) is 2.95. The van der Waals surface area contributed by atoms with Gasteiger partial charge in [0.2, 0.25) is 10.0 Å². The highest BCUT2D eigenvalue weighted by Gasteiger charge is 2.25. The van der Waals surface area contributed by atoms with E-state index in [1.165, 1.54) is 0 Å². The summed E-state index contributed by atoms with van der Waals surface area (Å²) < 4.78 is 32.3.